The number of pyridine rings is 1. The zero-order valence-electron chi connectivity index (χ0n) is 6.24. The fraction of sp³-hybridized carbons (Fsp3) is 0.143. The molecule has 0 aliphatic carbocycles. The van der Waals surface area contributed by atoms with Crippen LogP contribution in [0.2, 0.25) is 5.15 Å². The number of halogens is 2. The Balaban J connectivity index is 0.00000121. The van der Waals surface area contributed by atoms with Crippen molar-refractivity contribution in [1.82, 2.24) is 4.98 Å². The van der Waals surface area contributed by atoms with Crippen molar-refractivity contribution in [3.63, 3.8) is 0 Å². The van der Waals surface area contributed by atoms with Crippen LogP contribution in [0.1, 0.15) is 15.9 Å². The van der Waals surface area contributed by atoms with Crippen molar-refractivity contribution in [2.24, 2.45) is 0 Å². The molecule has 0 aliphatic rings. The Morgan fingerprint density at radius 3 is 2.58 bits per heavy atom. The van der Waals surface area contributed by atoms with Crippen molar-refractivity contribution < 1.29 is 9.90 Å². The van der Waals surface area contributed by atoms with E-state index in [1.54, 1.807) is 13.0 Å². The average molecular weight is 208 g/mol. The molecule has 0 saturated carbocycles. The first-order chi connectivity index (χ1) is 5.13. The first-order valence-electron chi connectivity index (χ1n) is 2.97. The number of hydrogen-bond acceptors (Lipinski definition) is 2. The van der Waals surface area contributed by atoms with Crippen LogP contribution < -0.4 is 0 Å². The van der Waals surface area contributed by atoms with Crippen molar-refractivity contribution >= 4 is 30.0 Å². The van der Waals surface area contributed by atoms with Gasteiger partial charge in [0.2, 0.25) is 0 Å². The molecule has 3 nitrogen and oxygen atoms in total. The highest BCUT2D eigenvalue weighted by Crippen LogP contribution is 2.15. The van der Waals surface area contributed by atoms with E-state index in [2.05, 4.69) is 4.98 Å². The number of hydrogen-bond donors (Lipinski definition) is 1. The number of rotatable bonds is 1. The summed E-state index contributed by atoms with van der Waals surface area (Å²) in [6.07, 6.45) is 1.48. The predicted molar refractivity (Wildman–Crippen MR) is 48.2 cm³/mol. The van der Waals surface area contributed by atoms with Gasteiger partial charge in [-0.1, -0.05) is 11.6 Å². The maximum absolute atomic E-state index is 10.5. The van der Waals surface area contributed by atoms with Crippen LogP contribution in [0.25, 0.3) is 0 Å². The molecule has 0 aliphatic heterocycles. The summed E-state index contributed by atoms with van der Waals surface area (Å²) in [4.78, 5) is 14.2. The topological polar surface area (TPSA) is 50.2 Å². The summed E-state index contributed by atoms with van der Waals surface area (Å²) in [7, 11) is 0. The minimum absolute atomic E-state index is 0. The minimum atomic E-state index is -1.04. The van der Waals surface area contributed by atoms with Gasteiger partial charge < -0.3 is 5.11 Å². The molecule has 0 radical (unpaired) electrons. The van der Waals surface area contributed by atoms with E-state index < -0.39 is 5.97 Å². The van der Waals surface area contributed by atoms with E-state index in [0.29, 0.717) is 5.56 Å². The summed E-state index contributed by atoms with van der Waals surface area (Å²) in [6.45, 7) is 1.68. The van der Waals surface area contributed by atoms with Gasteiger partial charge in [0.15, 0.2) is 0 Å². The van der Waals surface area contributed by atoms with E-state index in [9.17, 15) is 4.79 Å². The van der Waals surface area contributed by atoms with Crippen molar-refractivity contribution in [3.8, 4) is 0 Å². The minimum Gasteiger partial charge on any atom is -0.478 e. The van der Waals surface area contributed by atoms with E-state index >= 15 is 0 Å². The van der Waals surface area contributed by atoms with Crippen molar-refractivity contribution in [1.29, 1.82) is 0 Å². The molecule has 0 aromatic carbocycles. The molecule has 66 valence electrons. The van der Waals surface area contributed by atoms with Gasteiger partial charge in [-0.2, -0.15) is 0 Å². The molecular formula is C7H7Cl2NO2. The smallest absolute Gasteiger partial charge is 0.339 e. The van der Waals surface area contributed by atoms with Crippen molar-refractivity contribution in [3.05, 3.63) is 28.5 Å². The number of carboxylic acid groups (broad SMARTS) is 1. The van der Waals surface area contributed by atoms with Gasteiger partial charge in [0.1, 0.15) is 5.15 Å². The van der Waals surface area contributed by atoms with Crippen molar-refractivity contribution in [2.75, 3.05) is 0 Å². The molecule has 5 heteroatoms. The van der Waals surface area contributed by atoms with Crippen LogP contribution in [-0.2, 0) is 0 Å². The Morgan fingerprint density at radius 1 is 1.67 bits per heavy atom. The maximum atomic E-state index is 10.5. The van der Waals surface area contributed by atoms with Gasteiger partial charge in [0.05, 0.1) is 5.56 Å². The SMILES string of the molecule is Cc1ccnc(Cl)c1C(=O)O.Cl. The van der Waals surface area contributed by atoms with E-state index in [-0.39, 0.29) is 23.1 Å². The number of aryl methyl sites for hydroxylation is 1. The molecule has 0 unspecified atom stereocenters. The van der Waals surface area contributed by atoms with Crippen LogP contribution in [0.3, 0.4) is 0 Å². The third-order valence-corrected chi connectivity index (χ3v) is 1.61. The molecule has 0 fully saturated rings. The predicted octanol–water partition coefficient (Wildman–Crippen LogP) is 2.16. The van der Waals surface area contributed by atoms with Crippen LogP contribution in [0, 0.1) is 6.92 Å². The monoisotopic (exact) mass is 207 g/mol. The second-order valence-corrected chi connectivity index (χ2v) is 2.46. The number of carboxylic acids is 1. The van der Waals surface area contributed by atoms with Crippen LogP contribution in [0.15, 0.2) is 12.3 Å². The largest absolute Gasteiger partial charge is 0.478 e. The third kappa shape index (κ3) is 2.09. The third-order valence-electron chi connectivity index (χ3n) is 1.33. The summed E-state index contributed by atoms with van der Waals surface area (Å²) in [5, 5.41) is 8.66. The number of aromatic nitrogens is 1. The Labute approximate surface area is 80.8 Å². The number of aromatic carboxylic acids is 1. The summed E-state index contributed by atoms with van der Waals surface area (Å²) in [5.41, 5.74) is 0.701. The van der Waals surface area contributed by atoms with Crippen LogP contribution in [0.4, 0.5) is 0 Å². The summed E-state index contributed by atoms with van der Waals surface area (Å²) < 4.78 is 0. The first kappa shape index (κ1) is 11.2. The van der Waals surface area contributed by atoms with E-state index in [0.717, 1.165) is 0 Å². The van der Waals surface area contributed by atoms with Gasteiger partial charge in [-0.15, -0.1) is 12.4 Å². The molecule has 1 aromatic rings. The second-order valence-electron chi connectivity index (χ2n) is 2.10. The molecule has 12 heavy (non-hydrogen) atoms. The second kappa shape index (κ2) is 4.28. The lowest BCUT2D eigenvalue weighted by Gasteiger charge is -1.99. The fourth-order valence-electron chi connectivity index (χ4n) is 0.782. The lowest BCUT2D eigenvalue weighted by molar-refractivity contribution is 0.0696. The Morgan fingerprint density at radius 2 is 2.25 bits per heavy atom. The first-order valence-corrected chi connectivity index (χ1v) is 3.35. The zero-order chi connectivity index (χ0) is 8.43. The summed E-state index contributed by atoms with van der Waals surface area (Å²) >= 11 is 5.53. The molecule has 0 atom stereocenters. The molecule has 0 amide bonds. The molecule has 1 aromatic heterocycles. The Bertz CT molecular complexity index is 281. The van der Waals surface area contributed by atoms with Crippen LogP contribution in [0.5, 0.6) is 0 Å². The van der Waals surface area contributed by atoms with Gasteiger partial charge >= 0.3 is 5.97 Å². The summed E-state index contributed by atoms with van der Waals surface area (Å²) in [5.74, 6) is -1.04. The van der Waals surface area contributed by atoms with Gasteiger partial charge in [0.25, 0.3) is 0 Å². The van der Waals surface area contributed by atoms with Gasteiger partial charge in [-0.05, 0) is 18.6 Å². The highest BCUT2D eigenvalue weighted by Gasteiger charge is 2.11. The molecule has 1 heterocycles. The number of nitrogens with zero attached hydrogens (tertiary/aromatic N) is 1. The molecule has 0 spiro atoms. The van der Waals surface area contributed by atoms with E-state index in [1.165, 1.54) is 6.20 Å². The van der Waals surface area contributed by atoms with E-state index in [1.807, 2.05) is 0 Å². The standard InChI is InChI=1S/C7H6ClNO2.ClH/c1-4-2-3-9-6(8)5(4)7(10)11;/h2-3H,1H3,(H,10,11);1H. The Kier molecular flexibility index (Phi) is 4.00. The molecule has 0 saturated heterocycles. The Hall–Kier alpha value is -0.800. The maximum Gasteiger partial charge on any atom is 0.339 e. The van der Waals surface area contributed by atoms with Crippen molar-refractivity contribution in [2.45, 2.75) is 6.92 Å². The normalized spacial score (nSPS) is 8.83. The quantitative estimate of drug-likeness (QED) is 0.719. The molecule has 1 N–H and O–H groups in total. The highest BCUT2D eigenvalue weighted by atomic mass is 35.5. The highest BCUT2D eigenvalue weighted by molar-refractivity contribution is 6.32. The lowest BCUT2D eigenvalue weighted by Crippen LogP contribution is -2.01. The van der Waals surface area contributed by atoms with Gasteiger partial charge in [0, 0.05) is 6.20 Å². The molecule has 0 bridgehead atoms. The van der Waals surface area contributed by atoms with Gasteiger partial charge in [-0.25, -0.2) is 9.78 Å². The van der Waals surface area contributed by atoms with Crippen LogP contribution in [-0.4, -0.2) is 16.1 Å². The molecular weight excluding hydrogens is 201 g/mol. The van der Waals surface area contributed by atoms with Gasteiger partial charge in [-0.3, -0.25) is 0 Å². The lowest BCUT2D eigenvalue weighted by atomic mass is 10.2. The van der Waals surface area contributed by atoms with E-state index in [4.69, 9.17) is 16.7 Å². The number of carbonyl (C=O) groups is 1. The molecule has 1 rings (SSSR count). The summed E-state index contributed by atoms with van der Waals surface area (Å²) in [6, 6.07) is 1.61. The zero-order valence-corrected chi connectivity index (χ0v) is 7.82. The average Bonchev–Trinajstić information content (AvgIpc) is 1.85. The fourth-order valence-corrected chi connectivity index (χ4v) is 1.07. The van der Waals surface area contributed by atoms with Crippen LogP contribution >= 0.6 is 24.0 Å².